The summed E-state index contributed by atoms with van der Waals surface area (Å²) in [4.78, 5) is 4.24. The van der Waals surface area contributed by atoms with Crippen LogP contribution in [0.2, 0.25) is 0 Å². The first kappa shape index (κ1) is 14.4. The van der Waals surface area contributed by atoms with Gasteiger partial charge in [0.15, 0.2) is 0 Å². The van der Waals surface area contributed by atoms with Gasteiger partial charge in [0.2, 0.25) is 0 Å². The lowest BCUT2D eigenvalue weighted by atomic mass is 10.1. The molecule has 0 saturated heterocycles. The lowest BCUT2D eigenvalue weighted by Gasteiger charge is -2.11. The maximum atomic E-state index is 5.98. The molecule has 1 aromatic heterocycles. The molecule has 0 bridgehead atoms. The summed E-state index contributed by atoms with van der Waals surface area (Å²) in [6, 6.07) is 14.1. The lowest BCUT2D eigenvalue weighted by molar-refractivity contribution is 0.477. The Morgan fingerprint density at radius 1 is 1.10 bits per heavy atom. The van der Waals surface area contributed by atoms with Crippen LogP contribution >= 0.6 is 27.5 Å². The van der Waals surface area contributed by atoms with E-state index in [0.29, 0.717) is 5.88 Å². The van der Waals surface area contributed by atoms with Crippen LogP contribution in [-0.2, 0) is 5.88 Å². The van der Waals surface area contributed by atoms with Gasteiger partial charge in [-0.25, -0.2) is 0 Å². The molecule has 0 radical (unpaired) electrons. The van der Waals surface area contributed by atoms with E-state index >= 15 is 0 Å². The number of nitrogens with zero attached hydrogens (tertiary/aromatic N) is 1. The van der Waals surface area contributed by atoms with Crippen molar-refractivity contribution in [3.8, 4) is 11.5 Å². The predicted octanol–water partition coefficient (Wildman–Crippen LogP) is 5.84. The van der Waals surface area contributed by atoms with Crippen molar-refractivity contribution in [2.75, 3.05) is 0 Å². The molecule has 0 aliphatic heterocycles. The fourth-order valence-electron chi connectivity index (χ4n) is 2.14. The highest BCUT2D eigenvalue weighted by Crippen LogP contribution is 2.30. The van der Waals surface area contributed by atoms with Crippen molar-refractivity contribution in [1.82, 2.24) is 4.98 Å². The van der Waals surface area contributed by atoms with Crippen molar-refractivity contribution in [3.63, 3.8) is 0 Å². The summed E-state index contributed by atoms with van der Waals surface area (Å²) >= 11 is 9.42. The Labute approximate surface area is 136 Å². The van der Waals surface area contributed by atoms with Crippen LogP contribution in [0.15, 0.2) is 53.1 Å². The van der Waals surface area contributed by atoms with Crippen molar-refractivity contribution in [2.45, 2.75) is 12.8 Å². The van der Waals surface area contributed by atoms with E-state index in [4.69, 9.17) is 16.3 Å². The number of ether oxygens (including phenoxy) is 1. The van der Waals surface area contributed by atoms with Gasteiger partial charge in [-0.2, -0.15) is 0 Å². The molecule has 2 nitrogen and oxygen atoms in total. The van der Waals surface area contributed by atoms with Crippen LogP contribution in [0, 0.1) is 6.92 Å². The van der Waals surface area contributed by atoms with Gasteiger partial charge in [-0.15, -0.1) is 11.6 Å². The van der Waals surface area contributed by atoms with Crippen molar-refractivity contribution in [1.29, 1.82) is 0 Å². The standard InChI is InChI=1S/C17H13BrClNO/c1-11-6-17(14(9-19)10-20-11)21-16-5-3-12-7-15(18)4-2-13(12)8-16/h2-8,10H,9H2,1H3. The summed E-state index contributed by atoms with van der Waals surface area (Å²) < 4.78 is 7.05. The van der Waals surface area contributed by atoms with Crippen LogP contribution in [0.25, 0.3) is 10.8 Å². The largest absolute Gasteiger partial charge is 0.457 e. The van der Waals surface area contributed by atoms with Gasteiger partial charge in [-0.05, 0) is 42.0 Å². The molecule has 106 valence electrons. The normalized spacial score (nSPS) is 10.8. The highest BCUT2D eigenvalue weighted by Gasteiger charge is 2.06. The molecule has 0 aliphatic carbocycles. The average molecular weight is 363 g/mol. The second kappa shape index (κ2) is 6.04. The summed E-state index contributed by atoms with van der Waals surface area (Å²) in [7, 11) is 0. The molecule has 0 fully saturated rings. The van der Waals surface area contributed by atoms with Crippen LogP contribution < -0.4 is 4.74 Å². The second-order valence-corrected chi connectivity index (χ2v) is 6.01. The van der Waals surface area contributed by atoms with E-state index < -0.39 is 0 Å². The lowest BCUT2D eigenvalue weighted by Crippen LogP contribution is -1.93. The first-order valence-electron chi connectivity index (χ1n) is 6.54. The smallest absolute Gasteiger partial charge is 0.135 e. The first-order valence-corrected chi connectivity index (χ1v) is 7.87. The molecule has 0 aliphatic rings. The van der Waals surface area contributed by atoms with Crippen LogP contribution in [0.5, 0.6) is 11.5 Å². The number of rotatable bonds is 3. The predicted molar refractivity (Wildman–Crippen MR) is 90.3 cm³/mol. The maximum Gasteiger partial charge on any atom is 0.135 e. The van der Waals surface area contributed by atoms with Crippen LogP contribution in [0.1, 0.15) is 11.3 Å². The molecule has 1 heterocycles. The summed E-state index contributed by atoms with van der Waals surface area (Å²) in [6.45, 7) is 1.93. The molecule has 2 aromatic carbocycles. The van der Waals surface area contributed by atoms with Gasteiger partial charge in [0.1, 0.15) is 11.5 Å². The van der Waals surface area contributed by atoms with Gasteiger partial charge in [0.05, 0.1) is 5.88 Å². The van der Waals surface area contributed by atoms with Gasteiger partial charge >= 0.3 is 0 Å². The third-order valence-corrected chi connectivity index (χ3v) is 4.01. The van der Waals surface area contributed by atoms with Gasteiger partial charge in [-0.1, -0.05) is 28.1 Å². The Morgan fingerprint density at radius 3 is 2.67 bits per heavy atom. The minimum absolute atomic E-state index is 0.378. The van der Waals surface area contributed by atoms with E-state index in [1.165, 1.54) is 5.39 Å². The molecular formula is C17H13BrClNO. The topological polar surface area (TPSA) is 22.1 Å². The fraction of sp³-hybridized carbons (Fsp3) is 0.118. The quantitative estimate of drug-likeness (QED) is 0.546. The van der Waals surface area contributed by atoms with Gasteiger partial charge < -0.3 is 4.74 Å². The van der Waals surface area contributed by atoms with Crippen LogP contribution in [-0.4, -0.2) is 4.98 Å². The number of aromatic nitrogens is 1. The Kier molecular flexibility index (Phi) is 4.13. The molecular weight excluding hydrogens is 350 g/mol. The van der Waals surface area contributed by atoms with E-state index in [1.807, 2.05) is 37.3 Å². The molecule has 0 atom stereocenters. The molecule has 3 rings (SSSR count). The summed E-state index contributed by atoms with van der Waals surface area (Å²) in [5, 5.41) is 2.30. The minimum atomic E-state index is 0.378. The number of pyridine rings is 1. The molecule has 0 amide bonds. The van der Waals surface area contributed by atoms with E-state index in [9.17, 15) is 0 Å². The molecule has 0 unspecified atom stereocenters. The number of halogens is 2. The minimum Gasteiger partial charge on any atom is -0.457 e. The Balaban J connectivity index is 1.98. The highest BCUT2D eigenvalue weighted by atomic mass is 79.9. The van der Waals surface area contributed by atoms with Gasteiger partial charge in [0.25, 0.3) is 0 Å². The summed E-state index contributed by atoms with van der Waals surface area (Å²) in [5.41, 5.74) is 1.79. The molecule has 3 aromatic rings. The number of alkyl halides is 1. The monoisotopic (exact) mass is 361 g/mol. The zero-order chi connectivity index (χ0) is 14.8. The Hall–Kier alpha value is -1.58. The van der Waals surface area contributed by atoms with E-state index in [2.05, 4.69) is 33.0 Å². The number of benzene rings is 2. The average Bonchev–Trinajstić information content (AvgIpc) is 2.48. The number of fused-ring (bicyclic) bond motifs is 1. The van der Waals surface area contributed by atoms with Crippen molar-refractivity contribution >= 4 is 38.3 Å². The molecule has 0 N–H and O–H groups in total. The third-order valence-electron chi connectivity index (χ3n) is 3.23. The Morgan fingerprint density at radius 2 is 1.86 bits per heavy atom. The first-order chi connectivity index (χ1) is 10.2. The number of aryl methyl sites for hydroxylation is 1. The fourth-order valence-corrected chi connectivity index (χ4v) is 2.72. The molecule has 0 spiro atoms. The van der Waals surface area contributed by atoms with Crippen molar-refractivity contribution in [2.24, 2.45) is 0 Å². The highest BCUT2D eigenvalue weighted by molar-refractivity contribution is 9.10. The summed E-state index contributed by atoms with van der Waals surface area (Å²) in [5.74, 6) is 1.93. The van der Waals surface area contributed by atoms with Crippen LogP contribution in [0.3, 0.4) is 0 Å². The second-order valence-electron chi connectivity index (χ2n) is 4.82. The van der Waals surface area contributed by atoms with Gasteiger partial charge in [-0.3, -0.25) is 4.98 Å². The zero-order valence-corrected chi connectivity index (χ0v) is 13.8. The number of hydrogen-bond donors (Lipinski definition) is 0. The Bertz CT molecular complexity index is 804. The van der Waals surface area contributed by atoms with Crippen LogP contribution in [0.4, 0.5) is 0 Å². The van der Waals surface area contributed by atoms with Crippen molar-refractivity contribution in [3.05, 3.63) is 64.4 Å². The maximum absolute atomic E-state index is 5.98. The third kappa shape index (κ3) is 3.20. The van der Waals surface area contributed by atoms with E-state index in [0.717, 1.165) is 32.6 Å². The van der Waals surface area contributed by atoms with Crippen molar-refractivity contribution < 1.29 is 4.74 Å². The summed E-state index contributed by atoms with van der Waals surface area (Å²) in [6.07, 6.45) is 1.76. The molecule has 4 heteroatoms. The van der Waals surface area contributed by atoms with Gasteiger partial charge in [0, 0.05) is 28.0 Å². The number of hydrogen-bond acceptors (Lipinski definition) is 2. The molecule has 21 heavy (non-hydrogen) atoms. The van der Waals surface area contributed by atoms with E-state index in [1.54, 1.807) is 6.20 Å². The SMILES string of the molecule is Cc1cc(Oc2ccc3cc(Br)ccc3c2)c(CCl)cn1. The molecule has 0 saturated carbocycles. The zero-order valence-electron chi connectivity index (χ0n) is 11.4. The van der Waals surface area contributed by atoms with E-state index in [-0.39, 0.29) is 0 Å².